The molecule has 1 unspecified atom stereocenters. The maximum Gasteiger partial charge on any atom is 0.222 e. The number of nitrogens with one attached hydrogen (secondary N) is 1. The summed E-state index contributed by atoms with van der Waals surface area (Å²) in [4.78, 5) is 30.9. The Balaban J connectivity index is 1.45. The highest BCUT2D eigenvalue weighted by atomic mass is 16.3. The summed E-state index contributed by atoms with van der Waals surface area (Å²) in [5.74, 6) is 0.299. The average Bonchev–Trinajstić information content (AvgIpc) is 2.69. The zero-order valence-electron chi connectivity index (χ0n) is 16.0. The number of hydrogen-bond acceptors (Lipinski definition) is 4. The zero-order valence-corrected chi connectivity index (χ0v) is 16.0. The number of rotatable bonds is 6. The highest BCUT2D eigenvalue weighted by Crippen LogP contribution is 2.38. The van der Waals surface area contributed by atoms with E-state index in [1.165, 1.54) is 0 Å². The molecule has 1 aromatic heterocycles. The fourth-order valence-electron chi connectivity index (χ4n) is 4.21. The molecule has 4 rings (SSSR count). The summed E-state index contributed by atoms with van der Waals surface area (Å²) >= 11 is 0. The van der Waals surface area contributed by atoms with Gasteiger partial charge in [0, 0.05) is 37.5 Å². The molecule has 6 heteroatoms. The van der Waals surface area contributed by atoms with E-state index in [4.69, 9.17) is 0 Å². The van der Waals surface area contributed by atoms with Crippen molar-refractivity contribution < 1.29 is 14.7 Å². The normalized spacial score (nSPS) is 23.3. The number of amides is 2. The number of carbonyl (C=O) groups is 2. The number of benzene rings is 1. The third-order valence-corrected chi connectivity index (χ3v) is 5.94. The quantitative estimate of drug-likeness (QED) is 0.806. The van der Waals surface area contributed by atoms with Crippen molar-refractivity contribution in [1.29, 1.82) is 0 Å². The SMILES string of the molecule is O=C(CCN1CCCCC1=O)NC(c1cnc2ccccc2c1)C1CC(O)C1. The van der Waals surface area contributed by atoms with Gasteiger partial charge in [-0.2, -0.15) is 0 Å². The van der Waals surface area contributed by atoms with Gasteiger partial charge in [0.25, 0.3) is 0 Å². The molecule has 1 saturated carbocycles. The Morgan fingerprint density at radius 2 is 2.11 bits per heavy atom. The van der Waals surface area contributed by atoms with Crippen molar-refractivity contribution in [3.63, 3.8) is 0 Å². The lowest BCUT2D eigenvalue weighted by Crippen LogP contribution is -2.43. The summed E-state index contributed by atoms with van der Waals surface area (Å²) in [7, 11) is 0. The van der Waals surface area contributed by atoms with Gasteiger partial charge in [0.2, 0.25) is 11.8 Å². The van der Waals surface area contributed by atoms with Crippen LogP contribution in [-0.2, 0) is 9.59 Å². The highest BCUT2D eigenvalue weighted by Gasteiger charge is 2.36. The molecule has 2 aliphatic rings. The summed E-state index contributed by atoms with van der Waals surface area (Å²) in [6, 6.07) is 9.83. The van der Waals surface area contributed by atoms with Crippen LogP contribution in [0.15, 0.2) is 36.5 Å². The average molecular weight is 381 g/mol. The smallest absolute Gasteiger partial charge is 0.222 e. The standard InChI is InChI=1S/C22H27N3O3/c26-18-12-16(13-18)22(17-11-15-5-1-2-6-19(15)23-14-17)24-20(27)8-10-25-9-4-3-7-21(25)28/h1-2,5-6,11,14,16,18,22,26H,3-4,7-10,12-13H2,(H,24,27). The van der Waals surface area contributed by atoms with E-state index in [1.54, 1.807) is 4.90 Å². The lowest BCUT2D eigenvalue weighted by Gasteiger charge is -2.38. The van der Waals surface area contributed by atoms with E-state index in [9.17, 15) is 14.7 Å². The maximum atomic E-state index is 12.6. The Labute approximate surface area is 164 Å². The number of aliphatic hydroxyl groups excluding tert-OH is 1. The fraction of sp³-hybridized carbons (Fsp3) is 0.500. The predicted octanol–water partition coefficient (Wildman–Crippen LogP) is 2.57. The van der Waals surface area contributed by atoms with Crippen LogP contribution in [0.1, 0.15) is 50.1 Å². The number of aromatic nitrogens is 1. The lowest BCUT2D eigenvalue weighted by molar-refractivity contribution is -0.134. The van der Waals surface area contributed by atoms with Crippen LogP contribution < -0.4 is 5.32 Å². The molecule has 2 fully saturated rings. The van der Waals surface area contributed by atoms with Crippen molar-refractivity contribution in [2.45, 2.75) is 50.7 Å². The second kappa shape index (κ2) is 8.27. The van der Waals surface area contributed by atoms with Crippen molar-refractivity contribution in [2.24, 2.45) is 5.92 Å². The van der Waals surface area contributed by atoms with E-state index in [0.717, 1.165) is 35.9 Å². The van der Waals surface area contributed by atoms with Crippen molar-refractivity contribution in [3.05, 3.63) is 42.1 Å². The monoisotopic (exact) mass is 381 g/mol. The summed E-state index contributed by atoms with van der Waals surface area (Å²) in [5.41, 5.74) is 1.89. The number of aliphatic hydroxyl groups is 1. The molecule has 2 heterocycles. The summed E-state index contributed by atoms with van der Waals surface area (Å²) < 4.78 is 0. The van der Waals surface area contributed by atoms with E-state index in [2.05, 4.69) is 16.4 Å². The molecule has 148 valence electrons. The highest BCUT2D eigenvalue weighted by molar-refractivity contribution is 5.81. The minimum absolute atomic E-state index is 0.0575. The summed E-state index contributed by atoms with van der Waals surface area (Å²) in [6.07, 6.45) is 5.76. The zero-order chi connectivity index (χ0) is 19.5. The van der Waals surface area contributed by atoms with E-state index < -0.39 is 0 Å². The molecule has 2 N–H and O–H groups in total. The van der Waals surface area contributed by atoms with Gasteiger partial charge in [-0.3, -0.25) is 14.6 Å². The number of pyridine rings is 1. The van der Waals surface area contributed by atoms with Gasteiger partial charge in [-0.1, -0.05) is 18.2 Å². The largest absolute Gasteiger partial charge is 0.393 e. The number of fused-ring (bicyclic) bond motifs is 1. The molecule has 28 heavy (non-hydrogen) atoms. The lowest BCUT2D eigenvalue weighted by atomic mass is 9.75. The first-order chi connectivity index (χ1) is 13.6. The molecule has 1 atom stereocenters. The minimum Gasteiger partial charge on any atom is -0.393 e. The van der Waals surface area contributed by atoms with E-state index in [0.29, 0.717) is 32.2 Å². The van der Waals surface area contributed by atoms with Gasteiger partial charge in [0.05, 0.1) is 17.7 Å². The Hall–Kier alpha value is -2.47. The Morgan fingerprint density at radius 3 is 2.89 bits per heavy atom. The molecular weight excluding hydrogens is 354 g/mol. The van der Waals surface area contributed by atoms with Gasteiger partial charge in [0.15, 0.2) is 0 Å². The Bertz CT molecular complexity index is 863. The molecule has 1 saturated heterocycles. The molecule has 1 aromatic carbocycles. The third-order valence-electron chi connectivity index (χ3n) is 5.94. The van der Waals surface area contributed by atoms with Crippen molar-refractivity contribution in [2.75, 3.05) is 13.1 Å². The van der Waals surface area contributed by atoms with E-state index in [-0.39, 0.29) is 29.9 Å². The Kier molecular flexibility index (Phi) is 5.57. The van der Waals surface area contributed by atoms with Crippen LogP contribution in [0.4, 0.5) is 0 Å². The first kappa shape index (κ1) is 18.9. The van der Waals surface area contributed by atoms with Crippen LogP contribution in [0.2, 0.25) is 0 Å². The van der Waals surface area contributed by atoms with E-state index in [1.807, 2.05) is 30.5 Å². The number of likely N-dealkylation sites (tertiary alicyclic amines) is 1. The molecular formula is C22H27N3O3. The van der Waals surface area contributed by atoms with Crippen LogP contribution in [0.3, 0.4) is 0 Å². The van der Waals surface area contributed by atoms with E-state index >= 15 is 0 Å². The minimum atomic E-state index is -0.288. The van der Waals surface area contributed by atoms with Crippen molar-refractivity contribution in [3.8, 4) is 0 Å². The third kappa shape index (κ3) is 4.17. The van der Waals surface area contributed by atoms with Crippen LogP contribution >= 0.6 is 0 Å². The number of para-hydroxylation sites is 1. The van der Waals surface area contributed by atoms with Gasteiger partial charge < -0.3 is 15.3 Å². The van der Waals surface area contributed by atoms with Gasteiger partial charge in [-0.15, -0.1) is 0 Å². The fourth-order valence-corrected chi connectivity index (χ4v) is 4.21. The molecule has 1 aliphatic heterocycles. The first-order valence-electron chi connectivity index (χ1n) is 10.2. The molecule has 1 aliphatic carbocycles. The molecule has 2 aromatic rings. The van der Waals surface area contributed by atoms with Gasteiger partial charge in [0.1, 0.15) is 0 Å². The van der Waals surface area contributed by atoms with Gasteiger partial charge >= 0.3 is 0 Å². The van der Waals surface area contributed by atoms with Gasteiger partial charge in [-0.25, -0.2) is 0 Å². The molecule has 0 radical (unpaired) electrons. The number of piperidine rings is 1. The second-order valence-electron chi connectivity index (χ2n) is 7.98. The topological polar surface area (TPSA) is 82.5 Å². The molecule has 0 spiro atoms. The summed E-state index contributed by atoms with van der Waals surface area (Å²) in [6.45, 7) is 1.22. The van der Waals surface area contributed by atoms with Crippen molar-refractivity contribution in [1.82, 2.24) is 15.2 Å². The van der Waals surface area contributed by atoms with Crippen LogP contribution in [0.25, 0.3) is 10.9 Å². The Morgan fingerprint density at radius 1 is 1.29 bits per heavy atom. The molecule has 6 nitrogen and oxygen atoms in total. The first-order valence-corrected chi connectivity index (χ1v) is 10.2. The number of nitrogens with zero attached hydrogens (tertiary/aromatic N) is 2. The summed E-state index contributed by atoms with van der Waals surface area (Å²) in [5, 5.41) is 13.9. The molecule has 2 amide bonds. The van der Waals surface area contributed by atoms with Crippen molar-refractivity contribution >= 4 is 22.7 Å². The van der Waals surface area contributed by atoms with Crippen LogP contribution in [-0.4, -0.2) is 46.0 Å². The van der Waals surface area contributed by atoms with Crippen LogP contribution in [0.5, 0.6) is 0 Å². The number of carbonyl (C=O) groups excluding carboxylic acids is 2. The number of hydrogen-bond donors (Lipinski definition) is 2. The molecule has 0 bridgehead atoms. The predicted molar refractivity (Wildman–Crippen MR) is 106 cm³/mol. The maximum absolute atomic E-state index is 12.6. The second-order valence-corrected chi connectivity index (χ2v) is 7.98. The van der Waals surface area contributed by atoms with Gasteiger partial charge in [-0.05, 0) is 49.3 Å². The van der Waals surface area contributed by atoms with Crippen LogP contribution in [0, 0.1) is 5.92 Å².